The van der Waals surface area contributed by atoms with Crippen LogP contribution in [0.25, 0.3) is 0 Å². The molecule has 0 aromatic heterocycles. The van der Waals surface area contributed by atoms with E-state index in [2.05, 4.69) is 24.5 Å². The third-order valence-corrected chi connectivity index (χ3v) is 3.58. The van der Waals surface area contributed by atoms with Gasteiger partial charge in [0.1, 0.15) is 0 Å². The molecule has 0 aliphatic carbocycles. The Morgan fingerprint density at radius 2 is 1.64 bits per heavy atom. The number of amides is 1. The van der Waals surface area contributed by atoms with E-state index in [4.69, 9.17) is 0 Å². The van der Waals surface area contributed by atoms with Gasteiger partial charge in [0.15, 0.2) is 0 Å². The van der Waals surface area contributed by atoms with Crippen molar-refractivity contribution in [3.8, 4) is 0 Å². The topological polar surface area (TPSA) is 41.1 Å². The SMILES string of the molecule is CC(C)c1ccc(C(=O)NCCCNc2ccccc2)cc1. The summed E-state index contributed by atoms with van der Waals surface area (Å²) in [5.41, 5.74) is 3.09. The van der Waals surface area contributed by atoms with Crippen LogP contribution >= 0.6 is 0 Å². The molecule has 116 valence electrons. The second-order valence-electron chi connectivity index (χ2n) is 5.68. The van der Waals surface area contributed by atoms with Crippen LogP contribution in [0.5, 0.6) is 0 Å². The molecule has 0 aliphatic rings. The Hall–Kier alpha value is -2.29. The fourth-order valence-electron chi connectivity index (χ4n) is 2.20. The fraction of sp³-hybridized carbons (Fsp3) is 0.316. The largest absolute Gasteiger partial charge is 0.385 e. The van der Waals surface area contributed by atoms with Crippen molar-refractivity contribution >= 4 is 11.6 Å². The lowest BCUT2D eigenvalue weighted by Crippen LogP contribution is -2.25. The molecule has 2 rings (SSSR count). The highest BCUT2D eigenvalue weighted by atomic mass is 16.1. The molecule has 2 N–H and O–H groups in total. The Morgan fingerprint density at radius 3 is 2.27 bits per heavy atom. The third kappa shape index (κ3) is 4.92. The molecule has 2 aromatic rings. The Balaban J connectivity index is 1.69. The third-order valence-electron chi connectivity index (χ3n) is 3.58. The first-order valence-electron chi connectivity index (χ1n) is 7.84. The minimum atomic E-state index is -0.00461. The zero-order valence-corrected chi connectivity index (χ0v) is 13.3. The van der Waals surface area contributed by atoms with Gasteiger partial charge in [-0.25, -0.2) is 0 Å². The van der Waals surface area contributed by atoms with Gasteiger partial charge in [0.2, 0.25) is 0 Å². The summed E-state index contributed by atoms with van der Waals surface area (Å²) in [6, 6.07) is 17.9. The van der Waals surface area contributed by atoms with Crippen molar-refractivity contribution in [3.63, 3.8) is 0 Å². The molecule has 0 spiro atoms. The van der Waals surface area contributed by atoms with Crippen LogP contribution in [0.2, 0.25) is 0 Å². The Labute approximate surface area is 132 Å². The zero-order valence-electron chi connectivity index (χ0n) is 13.3. The minimum Gasteiger partial charge on any atom is -0.385 e. The first kappa shape index (κ1) is 16.1. The fourth-order valence-corrected chi connectivity index (χ4v) is 2.20. The van der Waals surface area contributed by atoms with Crippen LogP contribution in [0.1, 0.15) is 42.1 Å². The van der Waals surface area contributed by atoms with E-state index >= 15 is 0 Å². The normalized spacial score (nSPS) is 10.5. The van der Waals surface area contributed by atoms with E-state index in [0.717, 1.165) is 24.2 Å². The lowest BCUT2D eigenvalue weighted by Gasteiger charge is -2.09. The van der Waals surface area contributed by atoms with Crippen molar-refractivity contribution in [1.82, 2.24) is 5.32 Å². The Bertz CT molecular complexity index is 576. The van der Waals surface area contributed by atoms with Gasteiger partial charge in [-0.05, 0) is 42.2 Å². The maximum Gasteiger partial charge on any atom is 0.251 e. The monoisotopic (exact) mass is 296 g/mol. The molecule has 0 atom stereocenters. The molecule has 0 radical (unpaired) electrons. The summed E-state index contributed by atoms with van der Waals surface area (Å²) in [7, 11) is 0. The van der Waals surface area contributed by atoms with Crippen LogP contribution < -0.4 is 10.6 Å². The second kappa shape index (κ2) is 8.23. The van der Waals surface area contributed by atoms with Crippen molar-refractivity contribution in [2.24, 2.45) is 0 Å². The average Bonchev–Trinajstić information content (AvgIpc) is 2.55. The molecule has 0 fully saturated rings. The van der Waals surface area contributed by atoms with E-state index in [9.17, 15) is 4.79 Å². The molecular weight excluding hydrogens is 272 g/mol. The van der Waals surface area contributed by atoms with E-state index in [-0.39, 0.29) is 5.91 Å². The molecule has 0 saturated heterocycles. The van der Waals surface area contributed by atoms with Crippen LogP contribution in [-0.2, 0) is 0 Å². The maximum atomic E-state index is 12.0. The maximum absolute atomic E-state index is 12.0. The number of carbonyl (C=O) groups is 1. The number of carbonyl (C=O) groups excluding carboxylic acids is 1. The van der Waals surface area contributed by atoms with Gasteiger partial charge in [0, 0.05) is 24.3 Å². The van der Waals surface area contributed by atoms with Crippen molar-refractivity contribution in [1.29, 1.82) is 0 Å². The summed E-state index contributed by atoms with van der Waals surface area (Å²) in [5, 5.41) is 6.28. The summed E-state index contributed by atoms with van der Waals surface area (Å²) in [4.78, 5) is 12.0. The first-order chi connectivity index (χ1) is 10.7. The lowest BCUT2D eigenvalue weighted by molar-refractivity contribution is 0.0953. The summed E-state index contributed by atoms with van der Waals surface area (Å²) < 4.78 is 0. The highest BCUT2D eigenvalue weighted by Gasteiger charge is 2.05. The smallest absolute Gasteiger partial charge is 0.251 e. The summed E-state index contributed by atoms with van der Waals surface area (Å²) in [6.45, 7) is 5.81. The molecule has 3 nitrogen and oxygen atoms in total. The van der Waals surface area contributed by atoms with E-state index < -0.39 is 0 Å². The first-order valence-corrected chi connectivity index (χ1v) is 7.84. The molecule has 0 unspecified atom stereocenters. The molecule has 0 bridgehead atoms. The van der Waals surface area contributed by atoms with Gasteiger partial charge < -0.3 is 10.6 Å². The van der Waals surface area contributed by atoms with Gasteiger partial charge >= 0.3 is 0 Å². The van der Waals surface area contributed by atoms with Crippen molar-refractivity contribution in [2.75, 3.05) is 18.4 Å². The standard InChI is InChI=1S/C19H24N2O/c1-15(2)16-9-11-17(12-10-16)19(22)21-14-6-13-20-18-7-4-3-5-8-18/h3-5,7-12,15,20H,6,13-14H2,1-2H3,(H,21,22). The number of para-hydroxylation sites is 1. The van der Waals surface area contributed by atoms with Gasteiger partial charge in [-0.3, -0.25) is 4.79 Å². The van der Waals surface area contributed by atoms with Gasteiger partial charge in [-0.15, -0.1) is 0 Å². The van der Waals surface area contributed by atoms with Crippen LogP contribution in [0.3, 0.4) is 0 Å². The van der Waals surface area contributed by atoms with Crippen molar-refractivity contribution < 1.29 is 4.79 Å². The Kier molecular flexibility index (Phi) is 6.01. The lowest BCUT2D eigenvalue weighted by atomic mass is 10.0. The number of anilines is 1. The molecule has 0 heterocycles. The van der Waals surface area contributed by atoms with Gasteiger partial charge in [-0.2, -0.15) is 0 Å². The Morgan fingerprint density at radius 1 is 0.955 bits per heavy atom. The highest BCUT2D eigenvalue weighted by Crippen LogP contribution is 2.14. The highest BCUT2D eigenvalue weighted by molar-refractivity contribution is 5.94. The average molecular weight is 296 g/mol. The van der Waals surface area contributed by atoms with Crippen LogP contribution in [0, 0.1) is 0 Å². The second-order valence-corrected chi connectivity index (χ2v) is 5.68. The predicted molar refractivity (Wildman–Crippen MR) is 92.4 cm³/mol. The molecule has 0 aliphatic heterocycles. The molecule has 3 heteroatoms. The molecular formula is C19H24N2O. The van der Waals surface area contributed by atoms with Crippen molar-refractivity contribution in [3.05, 3.63) is 65.7 Å². The number of hydrogen-bond donors (Lipinski definition) is 2. The zero-order chi connectivity index (χ0) is 15.8. The van der Waals surface area contributed by atoms with Crippen LogP contribution in [-0.4, -0.2) is 19.0 Å². The molecule has 22 heavy (non-hydrogen) atoms. The summed E-state index contributed by atoms with van der Waals surface area (Å²) >= 11 is 0. The van der Waals surface area contributed by atoms with Gasteiger partial charge in [0.25, 0.3) is 5.91 Å². The van der Waals surface area contributed by atoms with Crippen LogP contribution in [0.4, 0.5) is 5.69 Å². The molecule has 1 amide bonds. The summed E-state index contributed by atoms with van der Waals surface area (Å²) in [5.74, 6) is 0.483. The van der Waals surface area contributed by atoms with Crippen molar-refractivity contribution in [2.45, 2.75) is 26.2 Å². The van der Waals surface area contributed by atoms with E-state index in [0.29, 0.717) is 12.5 Å². The predicted octanol–water partition coefficient (Wildman–Crippen LogP) is 4.04. The minimum absolute atomic E-state index is 0.00461. The molecule has 2 aromatic carbocycles. The van der Waals surface area contributed by atoms with Gasteiger partial charge in [0.05, 0.1) is 0 Å². The number of benzene rings is 2. The molecule has 0 saturated carbocycles. The number of nitrogens with one attached hydrogen (secondary N) is 2. The van der Waals surface area contributed by atoms with E-state index in [1.807, 2.05) is 54.6 Å². The number of hydrogen-bond acceptors (Lipinski definition) is 2. The van der Waals surface area contributed by atoms with Gasteiger partial charge in [-0.1, -0.05) is 44.2 Å². The van der Waals surface area contributed by atoms with Crippen LogP contribution in [0.15, 0.2) is 54.6 Å². The number of rotatable bonds is 7. The quantitative estimate of drug-likeness (QED) is 0.757. The van der Waals surface area contributed by atoms with E-state index in [1.165, 1.54) is 5.56 Å². The summed E-state index contributed by atoms with van der Waals surface area (Å²) in [6.07, 6.45) is 0.894. The van der Waals surface area contributed by atoms with E-state index in [1.54, 1.807) is 0 Å².